The summed E-state index contributed by atoms with van der Waals surface area (Å²) >= 11 is 0. The number of rotatable bonds is 9. The fourth-order valence-corrected chi connectivity index (χ4v) is 1.89. The van der Waals surface area contributed by atoms with Gasteiger partial charge in [-0.15, -0.1) is 0 Å². The van der Waals surface area contributed by atoms with Crippen LogP contribution in [0, 0.1) is 0 Å². The minimum absolute atomic E-state index is 0.0407. The van der Waals surface area contributed by atoms with Gasteiger partial charge in [0.2, 0.25) is 0 Å². The summed E-state index contributed by atoms with van der Waals surface area (Å²) in [5.74, 6) is 0.281. The van der Waals surface area contributed by atoms with Crippen molar-refractivity contribution in [3.63, 3.8) is 0 Å². The molecule has 120 valence electrons. The first-order valence-electron chi connectivity index (χ1n) is 8.10. The smallest absolute Gasteiger partial charge is 0.305 e. The standard InChI is InChI=1S/C12H24O2.C6H6O/c1-3-5-6-7-8-9-10-11-12(13)14-4-2;7-6-4-2-1-3-5-6/h3-11H2,1-2H3;1-5,7H. The highest BCUT2D eigenvalue weighted by atomic mass is 16.5. The number of phenols is 1. The fourth-order valence-electron chi connectivity index (χ4n) is 1.89. The lowest BCUT2D eigenvalue weighted by Gasteiger charge is -2.01. The summed E-state index contributed by atoms with van der Waals surface area (Å²) in [6.45, 7) is 4.58. The average molecular weight is 294 g/mol. The summed E-state index contributed by atoms with van der Waals surface area (Å²) in [7, 11) is 0. The lowest BCUT2D eigenvalue weighted by atomic mass is 10.1. The van der Waals surface area contributed by atoms with Crippen molar-refractivity contribution in [2.45, 2.75) is 65.2 Å². The molecule has 0 radical (unpaired) electrons. The summed E-state index contributed by atoms with van der Waals surface area (Å²) in [5.41, 5.74) is 0. The second kappa shape index (κ2) is 14.9. The van der Waals surface area contributed by atoms with E-state index in [0.29, 0.717) is 18.8 Å². The Morgan fingerprint density at radius 1 is 0.952 bits per heavy atom. The number of ether oxygens (including phenoxy) is 1. The highest BCUT2D eigenvalue weighted by Gasteiger charge is 2.00. The molecule has 1 N–H and O–H groups in total. The summed E-state index contributed by atoms with van der Waals surface area (Å²) in [6, 6.07) is 8.71. The zero-order valence-corrected chi connectivity index (χ0v) is 13.5. The van der Waals surface area contributed by atoms with E-state index in [1.807, 2.05) is 13.0 Å². The van der Waals surface area contributed by atoms with Crippen LogP contribution in [0.25, 0.3) is 0 Å². The van der Waals surface area contributed by atoms with E-state index in [4.69, 9.17) is 9.84 Å². The van der Waals surface area contributed by atoms with E-state index in [1.54, 1.807) is 24.3 Å². The molecule has 1 aromatic rings. The Kier molecular flexibility index (Phi) is 13.8. The number of carbonyl (C=O) groups excluding carboxylic acids is 1. The van der Waals surface area contributed by atoms with Crippen molar-refractivity contribution in [3.8, 4) is 5.75 Å². The maximum absolute atomic E-state index is 11.0. The van der Waals surface area contributed by atoms with Gasteiger partial charge in [0.25, 0.3) is 0 Å². The number of esters is 1. The van der Waals surface area contributed by atoms with Gasteiger partial charge in [0.1, 0.15) is 5.75 Å². The van der Waals surface area contributed by atoms with Crippen molar-refractivity contribution >= 4 is 5.97 Å². The number of hydrogen-bond acceptors (Lipinski definition) is 3. The Labute approximate surface area is 129 Å². The molecule has 0 bridgehead atoms. The first-order valence-corrected chi connectivity index (χ1v) is 8.10. The molecule has 0 spiro atoms. The molecular formula is C18H30O3. The van der Waals surface area contributed by atoms with E-state index >= 15 is 0 Å². The van der Waals surface area contributed by atoms with E-state index in [9.17, 15) is 4.79 Å². The predicted octanol–water partition coefficient (Wildman–Crippen LogP) is 5.08. The maximum atomic E-state index is 11.0. The van der Waals surface area contributed by atoms with Gasteiger partial charge in [-0.05, 0) is 25.5 Å². The molecule has 0 heterocycles. The monoisotopic (exact) mass is 294 g/mol. The Balaban J connectivity index is 0.000000471. The molecule has 3 heteroatoms. The van der Waals surface area contributed by atoms with Crippen LogP contribution in [-0.2, 0) is 9.53 Å². The molecule has 3 nitrogen and oxygen atoms in total. The number of para-hydroxylation sites is 1. The van der Waals surface area contributed by atoms with E-state index < -0.39 is 0 Å². The second-order valence-electron chi connectivity index (χ2n) is 5.01. The molecule has 0 aliphatic heterocycles. The Morgan fingerprint density at radius 2 is 1.52 bits per heavy atom. The van der Waals surface area contributed by atoms with Crippen LogP contribution in [0.4, 0.5) is 0 Å². The van der Waals surface area contributed by atoms with Crippen LogP contribution in [0.1, 0.15) is 65.2 Å². The highest BCUT2D eigenvalue weighted by molar-refractivity contribution is 5.69. The molecule has 1 rings (SSSR count). The lowest BCUT2D eigenvalue weighted by molar-refractivity contribution is -0.143. The number of aromatic hydroxyl groups is 1. The third-order valence-electron chi connectivity index (χ3n) is 3.05. The van der Waals surface area contributed by atoms with Crippen LogP contribution in [0.2, 0.25) is 0 Å². The molecule has 0 amide bonds. The van der Waals surface area contributed by atoms with Crippen molar-refractivity contribution in [2.75, 3.05) is 6.61 Å². The topological polar surface area (TPSA) is 46.5 Å². The van der Waals surface area contributed by atoms with Crippen molar-refractivity contribution in [2.24, 2.45) is 0 Å². The Hall–Kier alpha value is -1.51. The Morgan fingerprint density at radius 3 is 2.00 bits per heavy atom. The van der Waals surface area contributed by atoms with E-state index in [1.165, 1.54) is 38.5 Å². The lowest BCUT2D eigenvalue weighted by Crippen LogP contribution is -2.03. The zero-order chi connectivity index (χ0) is 15.8. The molecule has 0 fully saturated rings. The van der Waals surface area contributed by atoms with E-state index in [0.717, 1.165) is 6.42 Å². The summed E-state index contributed by atoms with van der Waals surface area (Å²) in [4.78, 5) is 11.0. The number of phenolic OH excluding ortho intramolecular Hbond substituents is 1. The zero-order valence-electron chi connectivity index (χ0n) is 13.5. The predicted molar refractivity (Wildman–Crippen MR) is 87.3 cm³/mol. The third kappa shape index (κ3) is 14.7. The van der Waals surface area contributed by atoms with E-state index in [2.05, 4.69) is 6.92 Å². The van der Waals surface area contributed by atoms with Crippen LogP contribution in [0.5, 0.6) is 5.75 Å². The number of benzene rings is 1. The van der Waals surface area contributed by atoms with Crippen molar-refractivity contribution in [1.29, 1.82) is 0 Å². The van der Waals surface area contributed by atoms with Gasteiger partial charge in [-0.2, -0.15) is 0 Å². The number of hydrogen-bond donors (Lipinski definition) is 1. The van der Waals surface area contributed by atoms with Crippen LogP contribution in [0.3, 0.4) is 0 Å². The van der Waals surface area contributed by atoms with Crippen LogP contribution < -0.4 is 0 Å². The van der Waals surface area contributed by atoms with Gasteiger partial charge in [-0.3, -0.25) is 4.79 Å². The minimum atomic E-state index is -0.0407. The molecule has 0 unspecified atom stereocenters. The molecule has 0 aliphatic rings. The van der Waals surface area contributed by atoms with Gasteiger partial charge in [0, 0.05) is 6.42 Å². The molecule has 1 aromatic carbocycles. The SMILES string of the molecule is CCCCCCCCCC(=O)OCC.Oc1ccccc1. The quantitative estimate of drug-likeness (QED) is 0.510. The highest BCUT2D eigenvalue weighted by Crippen LogP contribution is 2.08. The molecular weight excluding hydrogens is 264 g/mol. The van der Waals surface area contributed by atoms with Crippen molar-refractivity contribution in [3.05, 3.63) is 30.3 Å². The third-order valence-corrected chi connectivity index (χ3v) is 3.05. The van der Waals surface area contributed by atoms with E-state index in [-0.39, 0.29) is 5.97 Å². The largest absolute Gasteiger partial charge is 0.508 e. The van der Waals surface area contributed by atoms with Gasteiger partial charge in [0.15, 0.2) is 0 Å². The first-order chi connectivity index (χ1) is 10.2. The van der Waals surface area contributed by atoms with Crippen LogP contribution in [-0.4, -0.2) is 17.7 Å². The summed E-state index contributed by atoms with van der Waals surface area (Å²) in [6.07, 6.45) is 9.32. The summed E-state index contributed by atoms with van der Waals surface area (Å²) < 4.78 is 4.85. The van der Waals surface area contributed by atoms with Gasteiger partial charge in [-0.1, -0.05) is 63.6 Å². The molecule has 0 saturated heterocycles. The first kappa shape index (κ1) is 19.5. The summed E-state index contributed by atoms with van der Waals surface area (Å²) in [5, 5.41) is 8.63. The normalized spacial score (nSPS) is 9.62. The van der Waals surface area contributed by atoms with Gasteiger partial charge in [0.05, 0.1) is 6.61 Å². The molecule has 0 aromatic heterocycles. The number of unbranched alkanes of at least 4 members (excludes halogenated alkanes) is 6. The minimum Gasteiger partial charge on any atom is -0.508 e. The van der Waals surface area contributed by atoms with Crippen molar-refractivity contribution in [1.82, 2.24) is 0 Å². The molecule has 0 saturated carbocycles. The second-order valence-corrected chi connectivity index (χ2v) is 5.01. The van der Waals surface area contributed by atoms with Gasteiger partial charge in [-0.25, -0.2) is 0 Å². The van der Waals surface area contributed by atoms with Crippen molar-refractivity contribution < 1.29 is 14.6 Å². The molecule has 0 aliphatic carbocycles. The Bertz CT molecular complexity index is 336. The van der Waals surface area contributed by atoms with Gasteiger partial charge < -0.3 is 9.84 Å². The van der Waals surface area contributed by atoms with Crippen LogP contribution >= 0.6 is 0 Å². The molecule has 0 atom stereocenters. The fraction of sp³-hybridized carbons (Fsp3) is 0.611. The average Bonchev–Trinajstić information content (AvgIpc) is 2.48. The van der Waals surface area contributed by atoms with Gasteiger partial charge >= 0.3 is 5.97 Å². The molecule has 21 heavy (non-hydrogen) atoms. The maximum Gasteiger partial charge on any atom is 0.305 e. The van der Waals surface area contributed by atoms with Crippen LogP contribution in [0.15, 0.2) is 30.3 Å². The number of carbonyl (C=O) groups is 1.